The maximum atomic E-state index is 9.26. The Bertz CT molecular complexity index is 930. The van der Waals surface area contributed by atoms with Crippen LogP contribution in [0.4, 0.5) is 11.4 Å². The van der Waals surface area contributed by atoms with Crippen LogP contribution in [0.2, 0.25) is 0 Å². The smallest absolute Gasteiger partial charge is 0.665 e. The minimum Gasteiger partial charge on any atom is -0.665 e. The van der Waals surface area contributed by atoms with Gasteiger partial charge < -0.3 is 20.8 Å². The van der Waals surface area contributed by atoms with E-state index in [4.69, 9.17) is 5.11 Å². The number of para-hydroxylation sites is 1. The molecule has 0 bridgehead atoms. The van der Waals surface area contributed by atoms with Crippen molar-refractivity contribution in [3.05, 3.63) is 87.6 Å². The molecule has 2 N–H and O–H groups in total. The van der Waals surface area contributed by atoms with E-state index in [1.54, 1.807) is 36.8 Å². The number of allylic oxidation sites excluding steroid dienone is 2. The van der Waals surface area contributed by atoms with E-state index in [1.165, 1.54) is 0 Å². The van der Waals surface area contributed by atoms with Crippen molar-refractivity contribution in [2.45, 2.75) is 0 Å². The van der Waals surface area contributed by atoms with Gasteiger partial charge in [0.05, 0.1) is 13.2 Å². The first kappa shape index (κ1) is 20.5. The average molecular weight is 409 g/mol. The van der Waals surface area contributed by atoms with E-state index < -0.39 is 0 Å². The molecule has 0 aliphatic carbocycles. The third kappa shape index (κ3) is 5.34. The first-order valence-corrected chi connectivity index (χ1v) is 8.27. The number of benzene rings is 2. The Labute approximate surface area is 168 Å². The van der Waals surface area contributed by atoms with Gasteiger partial charge in [0.15, 0.2) is 0 Å². The monoisotopic (exact) mass is 408 g/mol. The number of phenols is 1. The number of aliphatic hydroxyl groups excluding tert-OH is 1. The fourth-order valence-electron chi connectivity index (χ4n) is 2.50. The Kier molecular flexibility index (Phi) is 7.89. The molecule has 4 rings (SSSR count). The molecule has 0 saturated heterocycles. The van der Waals surface area contributed by atoms with Crippen LogP contribution in [0, 0.1) is 0 Å². The molecule has 0 radical (unpaired) electrons. The van der Waals surface area contributed by atoms with Crippen LogP contribution in [0.5, 0.6) is 5.75 Å². The zero-order valence-corrected chi connectivity index (χ0v) is 15.4. The molecule has 2 aromatic rings. The number of aliphatic imine (C=N–C) groups is 1. The van der Waals surface area contributed by atoms with Crippen molar-refractivity contribution in [1.82, 2.24) is 0 Å². The summed E-state index contributed by atoms with van der Waals surface area (Å²) >= 11 is 0. The van der Waals surface area contributed by atoms with E-state index in [0.29, 0.717) is 12.1 Å². The molecular weight excluding hydrogens is 390 g/mol. The van der Waals surface area contributed by atoms with E-state index in [2.05, 4.69) is 39.9 Å². The van der Waals surface area contributed by atoms with Crippen LogP contribution in [0.3, 0.4) is 0 Å². The third-order valence-electron chi connectivity index (χ3n) is 3.74. The van der Waals surface area contributed by atoms with Crippen molar-refractivity contribution in [3.63, 3.8) is 0 Å². The molecule has 6 heteroatoms. The Morgan fingerprint density at radius 2 is 1.48 bits per heavy atom. The molecule has 142 valence electrons. The number of fused-ring (bicyclic) bond motifs is 3. The van der Waals surface area contributed by atoms with Crippen LogP contribution in [0.15, 0.2) is 65.9 Å². The predicted octanol–water partition coefficient (Wildman–Crippen LogP) is 3.11. The van der Waals surface area contributed by atoms with Gasteiger partial charge in [-0.25, -0.2) is 0 Å². The second kappa shape index (κ2) is 10.4. The van der Waals surface area contributed by atoms with Gasteiger partial charge in [-0.3, -0.25) is 4.99 Å². The average Bonchev–Trinajstić information content (AvgIpc) is 2.70. The van der Waals surface area contributed by atoms with Gasteiger partial charge in [0.25, 0.3) is 0 Å². The molecule has 2 heterocycles. The Balaban J connectivity index is 0.000000190. The quantitative estimate of drug-likeness (QED) is 0.604. The van der Waals surface area contributed by atoms with Gasteiger partial charge in [0, 0.05) is 11.8 Å². The van der Waals surface area contributed by atoms with Crippen LogP contribution in [0.1, 0.15) is 5.56 Å². The second-order valence-corrected chi connectivity index (χ2v) is 5.53. The number of phenolic OH excluding ortho intramolecular Hbond substituents is 1. The van der Waals surface area contributed by atoms with E-state index in [9.17, 15) is 5.11 Å². The first-order chi connectivity index (χ1) is 12.8. The molecule has 0 atom stereocenters. The molecule has 0 spiro atoms. The molecule has 0 unspecified atom stereocenters. The molecular formula is C21H19CuN3O2-. The first-order valence-electron chi connectivity index (χ1n) is 8.27. The summed E-state index contributed by atoms with van der Waals surface area (Å²) in [5, 5.41) is 28.7. The van der Waals surface area contributed by atoms with Crippen LogP contribution in [-0.2, 0) is 17.1 Å². The maximum absolute atomic E-state index is 9.26. The van der Waals surface area contributed by atoms with Gasteiger partial charge in [0.1, 0.15) is 5.75 Å². The summed E-state index contributed by atoms with van der Waals surface area (Å²) in [4.78, 5) is 3.89. The summed E-state index contributed by atoms with van der Waals surface area (Å²) in [6.07, 6.45) is 13.1. The van der Waals surface area contributed by atoms with Crippen LogP contribution in [-0.4, -0.2) is 29.6 Å². The number of aliphatic hydroxyl groups is 1. The maximum Gasteiger partial charge on any atom is 1.00 e. The molecule has 0 fully saturated rings. The predicted molar refractivity (Wildman–Crippen MR) is 107 cm³/mol. The zero-order chi connectivity index (χ0) is 18.2. The van der Waals surface area contributed by atoms with Crippen molar-refractivity contribution in [3.8, 4) is 5.75 Å². The van der Waals surface area contributed by atoms with E-state index in [-0.39, 0.29) is 29.4 Å². The fraction of sp³-hybridized carbons (Fsp3) is 0.0952. The molecule has 2 aliphatic rings. The summed E-state index contributed by atoms with van der Waals surface area (Å²) in [5.41, 5.74) is 2.63. The number of rotatable bonds is 3. The summed E-state index contributed by atoms with van der Waals surface area (Å²) < 4.78 is 0. The SMILES string of the molecule is C1=C[N-]c2c3c(ccc2=C1)=CC=C[N-]3.OCCN=Cc1ccccc1O.[Cu+]. The Morgan fingerprint density at radius 3 is 2.04 bits per heavy atom. The van der Waals surface area contributed by atoms with Gasteiger partial charge >= 0.3 is 17.1 Å². The van der Waals surface area contributed by atoms with Crippen LogP contribution < -0.4 is 10.4 Å². The molecule has 5 nitrogen and oxygen atoms in total. The Morgan fingerprint density at radius 1 is 0.889 bits per heavy atom. The van der Waals surface area contributed by atoms with Gasteiger partial charge in [-0.1, -0.05) is 48.6 Å². The number of hydrogen-bond acceptors (Lipinski definition) is 3. The molecule has 0 aromatic heterocycles. The second-order valence-electron chi connectivity index (χ2n) is 5.53. The largest absolute Gasteiger partial charge is 1.00 e. The van der Waals surface area contributed by atoms with Gasteiger partial charge in [-0.2, -0.15) is 12.4 Å². The van der Waals surface area contributed by atoms with Gasteiger partial charge in [0.2, 0.25) is 0 Å². The minimum atomic E-state index is 0. The summed E-state index contributed by atoms with van der Waals surface area (Å²) in [5.74, 6) is 0.208. The van der Waals surface area contributed by atoms with Crippen molar-refractivity contribution in [1.29, 1.82) is 0 Å². The van der Waals surface area contributed by atoms with Gasteiger partial charge in [-0.15, -0.1) is 11.4 Å². The summed E-state index contributed by atoms with van der Waals surface area (Å²) in [7, 11) is 0. The third-order valence-corrected chi connectivity index (χ3v) is 3.74. The topological polar surface area (TPSA) is 81.0 Å². The number of nitrogens with zero attached hydrogens (tertiary/aromatic N) is 3. The summed E-state index contributed by atoms with van der Waals surface area (Å²) in [6, 6.07) is 11.1. The van der Waals surface area contributed by atoms with Crippen molar-refractivity contribution >= 4 is 29.7 Å². The van der Waals surface area contributed by atoms with Crippen molar-refractivity contribution in [2.24, 2.45) is 4.99 Å². The molecule has 0 amide bonds. The molecule has 27 heavy (non-hydrogen) atoms. The normalized spacial score (nSPS) is 12.8. The summed E-state index contributed by atoms with van der Waals surface area (Å²) in [6.45, 7) is 0.401. The standard InChI is InChI=1S/C12H8N2.C9H11NO2.Cu/c1-3-9-5-6-10-4-2-8-14-12(10)11(9)13-7-1;11-6-5-10-7-8-3-1-2-4-9(8)12;/h1-8H;1-4,7,11-12H,5-6H2;/q-2;;+1. The van der Waals surface area contributed by atoms with Crippen molar-refractivity contribution < 1.29 is 27.3 Å². The fourth-order valence-corrected chi connectivity index (χ4v) is 2.50. The van der Waals surface area contributed by atoms with Crippen LogP contribution >= 0.6 is 0 Å². The van der Waals surface area contributed by atoms with Crippen molar-refractivity contribution in [2.75, 3.05) is 13.2 Å². The number of hydrogen-bond donors (Lipinski definition) is 2. The van der Waals surface area contributed by atoms with E-state index in [1.807, 2.05) is 18.2 Å². The molecule has 2 aromatic carbocycles. The molecule has 2 aliphatic heterocycles. The molecule has 0 saturated carbocycles. The van der Waals surface area contributed by atoms with E-state index in [0.717, 1.165) is 21.8 Å². The zero-order valence-electron chi connectivity index (χ0n) is 14.5. The minimum absolute atomic E-state index is 0. The van der Waals surface area contributed by atoms with E-state index >= 15 is 0 Å². The Hall–Kier alpha value is -2.79. The van der Waals surface area contributed by atoms with Crippen LogP contribution in [0.25, 0.3) is 22.8 Å². The number of aromatic hydroxyl groups is 1. The van der Waals surface area contributed by atoms with Gasteiger partial charge in [-0.05, 0) is 22.6 Å².